The number of ketones is 1. The Kier molecular flexibility index (Phi) is 3.23. The molecule has 0 amide bonds. The van der Waals surface area contributed by atoms with Crippen molar-refractivity contribution in [2.45, 2.75) is 6.43 Å². The quantitative estimate of drug-likeness (QED) is 0.762. The summed E-state index contributed by atoms with van der Waals surface area (Å²) in [5.74, 6) is -1.25. The van der Waals surface area contributed by atoms with Crippen LogP contribution in [0.3, 0.4) is 0 Å². The molecule has 0 aliphatic carbocycles. The molecule has 0 saturated heterocycles. The molecule has 1 heterocycles. The zero-order chi connectivity index (χ0) is 12.3. The largest absolute Gasteiger partial charge is 0.302 e. The van der Waals surface area contributed by atoms with Crippen LogP contribution < -0.4 is 0 Å². The summed E-state index contributed by atoms with van der Waals surface area (Å²) >= 11 is 0. The summed E-state index contributed by atoms with van der Waals surface area (Å²) < 4.78 is 24.5. The topological polar surface area (TPSA) is 30.0 Å². The van der Waals surface area contributed by atoms with Gasteiger partial charge in [-0.1, -0.05) is 36.4 Å². The van der Waals surface area contributed by atoms with Crippen LogP contribution in [0.5, 0.6) is 0 Å². The van der Waals surface area contributed by atoms with Crippen LogP contribution >= 0.6 is 0 Å². The van der Waals surface area contributed by atoms with E-state index in [1.54, 1.807) is 24.3 Å². The first-order chi connectivity index (χ1) is 8.18. The number of halogens is 2. The van der Waals surface area contributed by atoms with E-state index < -0.39 is 12.2 Å². The number of nitrogens with zero attached hydrogens (tertiary/aromatic N) is 1. The van der Waals surface area contributed by atoms with Gasteiger partial charge in [-0.05, 0) is 12.1 Å². The molecule has 2 nitrogen and oxygen atoms in total. The Morgan fingerprint density at radius 3 is 2.35 bits per heavy atom. The van der Waals surface area contributed by atoms with E-state index in [-0.39, 0.29) is 5.69 Å². The highest BCUT2D eigenvalue weighted by Gasteiger charge is 2.19. The minimum atomic E-state index is -3.02. The van der Waals surface area contributed by atoms with E-state index in [1.807, 2.05) is 18.2 Å². The normalized spacial score (nSPS) is 10.5. The van der Waals surface area contributed by atoms with Crippen LogP contribution in [0.1, 0.15) is 10.5 Å². The molecule has 2 aromatic rings. The smallest absolute Gasteiger partial charge is 0.286 e. The van der Waals surface area contributed by atoms with Gasteiger partial charge < -0.3 is 0 Å². The Bertz CT molecular complexity index is 526. The van der Waals surface area contributed by atoms with Crippen LogP contribution in [0.2, 0.25) is 0 Å². The third-order valence-corrected chi connectivity index (χ3v) is 2.27. The van der Waals surface area contributed by atoms with Crippen LogP contribution in [-0.2, 0) is 0 Å². The number of hydrogen-bond acceptors (Lipinski definition) is 2. The van der Waals surface area contributed by atoms with Crippen molar-refractivity contribution < 1.29 is 13.6 Å². The lowest BCUT2D eigenvalue weighted by atomic mass is 10.1. The van der Waals surface area contributed by atoms with Gasteiger partial charge in [0.1, 0.15) is 5.69 Å². The average Bonchev–Trinajstić information content (AvgIpc) is 2.39. The van der Waals surface area contributed by atoms with Crippen molar-refractivity contribution in [1.29, 1.82) is 0 Å². The molecule has 2 rings (SSSR count). The van der Waals surface area contributed by atoms with Gasteiger partial charge in [0, 0.05) is 5.56 Å². The number of hydrogen-bond donors (Lipinski definition) is 0. The van der Waals surface area contributed by atoms with E-state index in [2.05, 4.69) is 4.98 Å². The minimum absolute atomic E-state index is 0.207. The van der Waals surface area contributed by atoms with Crippen LogP contribution in [0.25, 0.3) is 11.3 Å². The Morgan fingerprint density at radius 2 is 1.71 bits per heavy atom. The predicted octanol–water partition coefficient (Wildman–Crippen LogP) is 3.20. The summed E-state index contributed by atoms with van der Waals surface area (Å²) in [5, 5.41) is 0. The van der Waals surface area contributed by atoms with Gasteiger partial charge in [0.25, 0.3) is 0 Å². The second-order valence-electron chi connectivity index (χ2n) is 3.44. The minimum Gasteiger partial charge on any atom is -0.286 e. The molecule has 86 valence electrons. The number of alkyl halides is 2. The van der Waals surface area contributed by atoms with Crippen molar-refractivity contribution in [2.75, 3.05) is 0 Å². The molecule has 17 heavy (non-hydrogen) atoms. The second-order valence-corrected chi connectivity index (χ2v) is 3.44. The number of carbonyl (C=O) groups excluding carboxylic acids is 1. The molecule has 0 saturated carbocycles. The first-order valence-corrected chi connectivity index (χ1v) is 5.03. The van der Waals surface area contributed by atoms with Gasteiger partial charge in [-0.3, -0.25) is 4.79 Å². The van der Waals surface area contributed by atoms with Crippen molar-refractivity contribution in [3.63, 3.8) is 0 Å². The fourth-order valence-corrected chi connectivity index (χ4v) is 1.45. The maximum atomic E-state index is 12.3. The molecule has 0 aliphatic heterocycles. The van der Waals surface area contributed by atoms with E-state index >= 15 is 0 Å². The SMILES string of the molecule is O=C(c1cccc(-c2ccccc2)n1)C(F)F. The number of rotatable bonds is 3. The van der Waals surface area contributed by atoms with Crippen LogP contribution in [0, 0.1) is 0 Å². The molecule has 0 aliphatic rings. The Labute approximate surface area is 96.9 Å². The lowest BCUT2D eigenvalue weighted by molar-refractivity contribution is 0.0673. The summed E-state index contributed by atoms with van der Waals surface area (Å²) in [7, 11) is 0. The summed E-state index contributed by atoms with van der Waals surface area (Å²) in [6.45, 7) is 0. The summed E-state index contributed by atoms with van der Waals surface area (Å²) in [4.78, 5) is 15.1. The maximum absolute atomic E-state index is 12.3. The number of Topliss-reactive ketones (excluding diaryl/α,β-unsaturated/α-hetero) is 1. The molecule has 0 unspecified atom stereocenters. The molecule has 0 fully saturated rings. The van der Waals surface area contributed by atoms with Crippen molar-refractivity contribution in [3.05, 3.63) is 54.2 Å². The first kappa shape index (κ1) is 11.4. The third kappa shape index (κ3) is 2.53. The zero-order valence-corrected chi connectivity index (χ0v) is 8.81. The van der Waals surface area contributed by atoms with Crippen molar-refractivity contribution in [3.8, 4) is 11.3 Å². The van der Waals surface area contributed by atoms with Crippen LogP contribution in [-0.4, -0.2) is 17.2 Å². The van der Waals surface area contributed by atoms with Gasteiger partial charge >= 0.3 is 6.43 Å². The second kappa shape index (κ2) is 4.82. The molecule has 1 aromatic heterocycles. The Balaban J connectivity index is 2.39. The Morgan fingerprint density at radius 1 is 1.00 bits per heavy atom. The summed E-state index contributed by atoms with van der Waals surface area (Å²) in [5.41, 5.74) is 1.09. The highest BCUT2D eigenvalue weighted by Crippen LogP contribution is 2.17. The van der Waals surface area contributed by atoms with Crippen molar-refractivity contribution >= 4 is 5.78 Å². The lowest BCUT2D eigenvalue weighted by Crippen LogP contribution is -2.12. The van der Waals surface area contributed by atoms with Gasteiger partial charge in [-0.15, -0.1) is 0 Å². The molecule has 0 bridgehead atoms. The van der Waals surface area contributed by atoms with Gasteiger partial charge in [0.05, 0.1) is 5.69 Å². The first-order valence-electron chi connectivity index (χ1n) is 5.03. The standard InChI is InChI=1S/C13H9F2NO/c14-13(15)12(17)11-8-4-7-10(16-11)9-5-2-1-3-6-9/h1-8,13H. The van der Waals surface area contributed by atoms with E-state index in [0.29, 0.717) is 5.69 Å². The molecular formula is C13H9F2NO. The molecule has 0 spiro atoms. The average molecular weight is 233 g/mol. The zero-order valence-electron chi connectivity index (χ0n) is 8.81. The molecular weight excluding hydrogens is 224 g/mol. The molecule has 4 heteroatoms. The maximum Gasteiger partial charge on any atom is 0.302 e. The van der Waals surface area contributed by atoms with Gasteiger partial charge in [-0.25, -0.2) is 13.8 Å². The van der Waals surface area contributed by atoms with Crippen LogP contribution in [0.4, 0.5) is 8.78 Å². The summed E-state index contributed by atoms with van der Waals surface area (Å²) in [6, 6.07) is 13.6. The van der Waals surface area contributed by atoms with E-state index in [9.17, 15) is 13.6 Å². The predicted molar refractivity (Wildman–Crippen MR) is 60.0 cm³/mol. The third-order valence-electron chi connectivity index (χ3n) is 2.27. The van der Waals surface area contributed by atoms with E-state index in [4.69, 9.17) is 0 Å². The molecule has 0 radical (unpaired) electrons. The van der Waals surface area contributed by atoms with Gasteiger partial charge in [0.15, 0.2) is 0 Å². The number of pyridine rings is 1. The van der Waals surface area contributed by atoms with Gasteiger partial charge in [-0.2, -0.15) is 0 Å². The Hall–Kier alpha value is -2.10. The highest BCUT2D eigenvalue weighted by atomic mass is 19.3. The van der Waals surface area contributed by atoms with E-state index in [0.717, 1.165) is 5.56 Å². The lowest BCUT2D eigenvalue weighted by Gasteiger charge is -2.03. The van der Waals surface area contributed by atoms with E-state index in [1.165, 1.54) is 6.07 Å². The fourth-order valence-electron chi connectivity index (χ4n) is 1.45. The summed E-state index contributed by atoms with van der Waals surface area (Å²) in [6.07, 6.45) is -3.02. The molecule has 1 aromatic carbocycles. The van der Waals surface area contributed by atoms with Crippen molar-refractivity contribution in [1.82, 2.24) is 4.98 Å². The van der Waals surface area contributed by atoms with Gasteiger partial charge in [0.2, 0.25) is 5.78 Å². The number of benzene rings is 1. The monoisotopic (exact) mass is 233 g/mol. The van der Waals surface area contributed by atoms with Crippen molar-refractivity contribution in [2.24, 2.45) is 0 Å². The van der Waals surface area contributed by atoms with Crippen LogP contribution in [0.15, 0.2) is 48.5 Å². The fraction of sp³-hybridized carbons (Fsp3) is 0.0769. The molecule has 0 N–H and O–H groups in total. The molecule has 0 atom stereocenters. The number of aromatic nitrogens is 1. The number of carbonyl (C=O) groups is 1. The highest BCUT2D eigenvalue weighted by molar-refractivity contribution is 5.97.